The molecule has 0 radical (unpaired) electrons. The second-order valence-electron chi connectivity index (χ2n) is 5.07. The van der Waals surface area contributed by atoms with Crippen LogP contribution in [0.5, 0.6) is 0 Å². The van der Waals surface area contributed by atoms with Crippen LogP contribution in [0, 0.1) is 5.92 Å². The Labute approximate surface area is 103 Å². The van der Waals surface area contributed by atoms with Gasteiger partial charge in [0.1, 0.15) is 6.04 Å². The quantitative estimate of drug-likeness (QED) is 0.847. The van der Waals surface area contributed by atoms with Gasteiger partial charge in [-0.3, -0.25) is 4.79 Å². The number of hydrogen-bond donors (Lipinski definition) is 1. The predicted octanol–water partition coefficient (Wildman–Crippen LogP) is 1.94. The SMILES string of the molecule is CC1CC(C)N(C(=O)[C@@H](N)c2ccccc2)C1. The number of nitrogens with two attached hydrogens (primary N) is 1. The number of carbonyl (C=O) groups excluding carboxylic acids is 1. The van der Waals surface area contributed by atoms with E-state index < -0.39 is 6.04 Å². The molecule has 2 unspecified atom stereocenters. The Morgan fingerprint density at radius 2 is 2.00 bits per heavy atom. The molecule has 0 bridgehead atoms. The fourth-order valence-electron chi connectivity index (χ4n) is 2.59. The molecule has 0 spiro atoms. The number of carbonyl (C=O) groups is 1. The number of likely N-dealkylation sites (tertiary alicyclic amines) is 1. The highest BCUT2D eigenvalue weighted by atomic mass is 16.2. The van der Waals surface area contributed by atoms with Crippen LogP contribution < -0.4 is 5.73 Å². The summed E-state index contributed by atoms with van der Waals surface area (Å²) in [6.07, 6.45) is 1.08. The highest BCUT2D eigenvalue weighted by Crippen LogP contribution is 2.25. The van der Waals surface area contributed by atoms with Crippen molar-refractivity contribution in [1.29, 1.82) is 0 Å². The molecular formula is C14H20N2O. The molecule has 1 aromatic carbocycles. The van der Waals surface area contributed by atoms with Gasteiger partial charge in [0.25, 0.3) is 0 Å². The van der Waals surface area contributed by atoms with Gasteiger partial charge in [-0.05, 0) is 24.8 Å². The van der Waals surface area contributed by atoms with Crippen LogP contribution in [-0.4, -0.2) is 23.4 Å². The van der Waals surface area contributed by atoms with Gasteiger partial charge in [0, 0.05) is 12.6 Å². The Hall–Kier alpha value is -1.35. The van der Waals surface area contributed by atoms with E-state index in [0.29, 0.717) is 12.0 Å². The molecule has 1 amide bonds. The van der Waals surface area contributed by atoms with E-state index in [1.54, 1.807) is 0 Å². The topological polar surface area (TPSA) is 46.3 Å². The van der Waals surface area contributed by atoms with Crippen molar-refractivity contribution in [2.75, 3.05) is 6.54 Å². The van der Waals surface area contributed by atoms with E-state index in [0.717, 1.165) is 18.5 Å². The summed E-state index contributed by atoms with van der Waals surface area (Å²) >= 11 is 0. The summed E-state index contributed by atoms with van der Waals surface area (Å²) in [6, 6.07) is 9.37. The zero-order chi connectivity index (χ0) is 12.4. The Kier molecular flexibility index (Phi) is 3.48. The normalized spacial score (nSPS) is 25.9. The molecule has 0 saturated carbocycles. The molecule has 92 valence electrons. The molecular weight excluding hydrogens is 212 g/mol. The van der Waals surface area contributed by atoms with Gasteiger partial charge in [0.15, 0.2) is 0 Å². The van der Waals surface area contributed by atoms with Crippen molar-refractivity contribution >= 4 is 5.91 Å². The lowest BCUT2D eigenvalue weighted by Crippen LogP contribution is -2.40. The molecule has 1 fully saturated rings. The zero-order valence-corrected chi connectivity index (χ0v) is 10.5. The van der Waals surface area contributed by atoms with Crippen molar-refractivity contribution in [3.05, 3.63) is 35.9 Å². The van der Waals surface area contributed by atoms with Crippen LogP contribution >= 0.6 is 0 Å². The lowest BCUT2D eigenvalue weighted by Gasteiger charge is -2.25. The van der Waals surface area contributed by atoms with E-state index >= 15 is 0 Å². The molecule has 0 aromatic heterocycles. The van der Waals surface area contributed by atoms with Crippen LogP contribution in [0.15, 0.2) is 30.3 Å². The Balaban J connectivity index is 2.10. The molecule has 2 rings (SSSR count). The molecule has 1 saturated heterocycles. The summed E-state index contributed by atoms with van der Waals surface area (Å²) in [5, 5.41) is 0. The first kappa shape index (κ1) is 12.1. The van der Waals surface area contributed by atoms with Crippen LogP contribution in [0.25, 0.3) is 0 Å². The Bertz CT molecular complexity index is 390. The van der Waals surface area contributed by atoms with Crippen molar-refractivity contribution in [2.45, 2.75) is 32.4 Å². The van der Waals surface area contributed by atoms with Crippen LogP contribution in [-0.2, 0) is 4.79 Å². The second-order valence-corrected chi connectivity index (χ2v) is 5.07. The minimum atomic E-state index is -0.524. The lowest BCUT2D eigenvalue weighted by molar-refractivity contribution is -0.133. The van der Waals surface area contributed by atoms with Crippen molar-refractivity contribution < 1.29 is 4.79 Å². The maximum Gasteiger partial charge on any atom is 0.244 e. The maximum atomic E-state index is 12.3. The third-order valence-electron chi connectivity index (χ3n) is 3.49. The number of amides is 1. The lowest BCUT2D eigenvalue weighted by atomic mass is 10.1. The van der Waals surface area contributed by atoms with Gasteiger partial charge in [-0.25, -0.2) is 0 Å². The maximum absolute atomic E-state index is 12.3. The van der Waals surface area contributed by atoms with Crippen molar-refractivity contribution in [2.24, 2.45) is 11.7 Å². The van der Waals surface area contributed by atoms with Crippen LogP contribution in [0.1, 0.15) is 31.9 Å². The average molecular weight is 232 g/mol. The van der Waals surface area contributed by atoms with Crippen molar-refractivity contribution in [3.63, 3.8) is 0 Å². The van der Waals surface area contributed by atoms with Crippen LogP contribution in [0.3, 0.4) is 0 Å². The van der Waals surface area contributed by atoms with Gasteiger partial charge in [-0.2, -0.15) is 0 Å². The molecule has 3 nitrogen and oxygen atoms in total. The summed E-state index contributed by atoms with van der Waals surface area (Å²) in [5.74, 6) is 0.630. The molecule has 3 atom stereocenters. The minimum Gasteiger partial charge on any atom is -0.338 e. The highest BCUT2D eigenvalue weighted by molar-refractivity contribution is 5.83. The highest BCUT2D eigenvalue weighted by Gasteiger charge is 2.32. The van der Waals surface area contributed by atoms with Crippen LogP contribution in [0.2, 0.25) is 0 Å². The van der Waals surface area contributed by atoms with Gasteiger partial charge < -0.3 is 10.6 Å². The number of hydrogen-bond acceptors (Lipinski definition) is 2. The molecule has 1 aromatic rings. The van der Waals surface area contributed by atoms with E-state index in [9.17, 15) is 4.79 Å². The van der Waals surface area contributed by atoms with Crippen molar-refractivity contribution in [1.82, 2.24) is 4.90 Å². The summed E-state index contributed by atoms with van der Waals surface area (Å²) in [4.78, 5) is 14.2. The fraction of sp³-hybridized carbons (Fsp3) is 0.500. The summed E-state index contributed by atoms with van der Waals surface area (Å²) in [5.41, 5.74) is 6.93. The van der Waals surface area contributed by atoms with E-state index in [1.165, 1.54) is 0 Å². The van der Waals surface area contributed by atoms with E-state index in [2.05, 4.69) is 13.8 Å². The largest absolute Gasteiger partial charge is 0.338 e. The second kappa shape index (κ2) is 4.88. The van der Waals surface area contributed by atoms with E-state index in [1.807, 2.05) is 35.2 Å². The fourth-order valence-corrected chi connectivity index (χ4v) is 2.59. The van der Waals surface area contributed by atoms with E-state index in [4.69, 9.17) is 5.73 Å². The first-order valence-electron chi connectivity index (χ1n) is 6.20. The number of rotatable bonds is 2. The first-order valence-corrected chi connectivity index (χ1v) is 6.20. The van der Waals surface area contributed by atoms with Gasteiger partial charge in [-0.1, -0.05) is 37.3 Å². The molecule has 1 aliphatic heterocycles. The standard InChI is InChI=1S/C14H20N2O/c1-10-8-11(2)16(9-10)14(17)13(15)12-6-4-3-5-7-12/h3-7,10-11,13H,8-9,15H2,1-2H3/t10?,11?,13-/m0/s1. The third kappa shape index (κ3) is 2.50. The zero-order valence-electron chi connectivity index (χ0n) is 10.5. The van der Waals surface area contributed by atoms with Gasteiger partial charge in [-0.15, -0.1) is 0 Å². The summed E-state index contributed by atoms with van der Waals surface area (Å²) < 4.78 is 0. The predicted molar refractivity (Wildman–Crippen MR) is 68.3 cm³/mol. The molecule has 1 heterocycles. The average Bonchev–Trinajstić information content (AvgIpc) is 2.68. The van der Waals surface area contributed by atoms with E-state index in [-0.39, 0.29) is 5.91 Å². The van der Waals surface area contributed by atoms with Gasteiger partial charge >= 0.3 is 0 Å². The molecule has 2 N–H and O–H groups in total. The van der Waals surface area contributed by atoms with Gasteiger partial charge in [0.2, 0.25) is 5.91 Å². The minimum absolute atomic E-state index is 0.0491. The molecule has 1 aliphatic rings. The monoisotopic (exact) mass is 232 g/mol. The van der Waals surface area contributed by atoms with Crippen molar-refractivity contribution in [3.8, 4) is 0 Å². The summed E-state index contributed by atoms with van der Waals surface area (Å²) in [7, 11) is 0. The molecule has 17 heavy (non-hydrogen) atoms. The summed E-state index contributed by atoms with van der Waals surface area (Å²) in [6.45, 7) is 5.11. The van der Waals surface area contributed by atoms with Gasteiger partial charge in [0.05, 0.1) is 0 Å². The Morgan fingerprint density at radius 3 is 2.53 bits per heavy atom. The first-order chi connectivity index (χ1) is 8.09. The molecule has 3 heteroatoms. The third-order valence-corrected chi connectivity index (χ3v) is 3.49. The number of benzene rings is 1. The smallest absolute Gasteiger partial charge is 0.244 e. The van der Waals surface area contributed by atoms with Crippen LogP contribution in [0.4, 0.5) is 0 Å². The molecule has 0 aliphatic carbocycles. The number of nitrogens with zero attached hydrogens (tertiary/aromatic N) is 1. The Morgan fingerprint density at radius 1 is 1.35 bits per heavy atom.